The Hall–Kier alpha value is -1.47. The maximum Gasteiger partial charge on any atom is 0.240 e. The van der Waals surface area contributed by atoms with Crippen LogP contribution < -0.4 is 11.1 Å². The van der Waals surface area contributed by atoms with Gasteiger partial charge in [0.25, 0.3) is 0 Å². The lowest BCUT2D eigenvalue weighted by Gasteiger charge is -2.57. The maximum atomic E-state index is 12.6. The standard InChI is InChI=1S/C19H33N5O2/c1-4-26-14-13-19(20,18(14,2)3)17(25)21-11-8-10-16-23-22-15-9-6-5-7-12-24(15)16/h14H,4-13,20H2,1-3H3,(H,21,25). The Morgan fingerprint density at radius 3 is 2.88 bits per heavy atom. The molecule has 26 heavy (non-hydrogen) atoms. The average molecular weight is 364 g/mol. The van der Waals surface area contributed by atoms with Gasteiger partial charge in [-0.15, -0.1) is 10.2 Å². The summed E-state index contributed by atoms with van der Waals surface area (Å²) < 4.78 is 7.96. The second kappa shape index (κ2) is 7.64. The fraction of sp³-hybridized carbons (Fsp3) is 0.842. The molecular weight excluding hydrogens is 330 g/mol. The van der Waals surface area contributed by atoms with Crippen LogP contribution in [0.4, 0.5) is 0 Å². The third kappa shape index (κ3) is 3.39. The third-order valence-corrected chi connectivity index (χ3v) is 6.28. The zero-order valence-corrected chi connectivity index (χ0v) is 16.4. The monoisotopic (exact) mass is 363 g/mol. The highest BCUT2D eigenvalue weighted by Crippen LogP contribution is 2.49. The molecule has 0 bridgehead atoms. The van der Waals surface area contributed by atoms with E-state index < -0.39 is 5.54 Å². The van der Waals surface area contributed by atoms with Gasteiger partial charge in [0.15, 0.2) is 0 Å². The summed E-state index contributed by atoms with van der Waals surface area (Å²) in [6, 6.07) is 0. The van der Waals surface area contributed by atoms with Crippen LogP contribution in [0.1, 0.15) is 64.5 Å². The number of ether oxygens (including phenoxy) is 1. The van der Waals surface area contributed by atoms with Crippen molar-refractivity contribution >= 4 is 5.91 Å². The molecule has 0 saturated heterocycles. The number of rotatable bonds is 7. The molecule has 1 aromatic rings. The number of hydrogen-bond acceptors (Lipinski definition) is 5. The second-order valence-corrected chi connectivity index (χ2v) is 8.20. The Kier molecular flexibility index (Phi) is 5.67. The number of aryl methyl sites for hydroxylation is 2. The molecule has 1 fully saturated rings. The van der Waals surface area contributed by atoms with Gasteiger partial charge in [-0.25, -0.2) is 0 Å². The molecule has 3 N–H and O–H groups in total. The van der Waals surface area contributed by atoms with Crippen LogP contribution in [-0.2, 0) is 28.9 Å². The van der Waals surface area contributed by atoms with Crippen LogP contribution in [0, 0.1) is 5.41 Å². The lowest BCUT2D eigenvalue weighted by atomic mass is 9.54. The Morgan fingerprint density at radius 2 is 2.15 bits per heavy atom. The quantitative estimate of drug-likeness (QED) is 0.717. The molecule has 2 unspecified atom stereocenters. The zero-order chi connectivity index (χ0) is 18.8. The van der Waals surface area contributed by atoms with Crippen molar-refractivity contribution in [2.45, 2.75) is 83.9 Å². The predicted molar refractivity (Wildman–Crippen MR) is 99.6 cm³/mol. The van der Waals surface area contributed by atoms with Crippen LogP contribution in [0.2, 0.25) is 0 Å². The molecule has 2 aliphatic rings. The third-order valence-electron chi connectivity index (χ3n) is 6.28. The molecule has 7 nitrogen and oxygen atoms in total. The van der Waals surface area contributed by atoms with Crippen LogP contribution in [-0.4, -0.2) is 45.5 Å². The van der Waals surface area contributed by atoms with Crippen LogP contribution in [0.5, 0.6) is 0 Å². The summed E-state index contributed by atoms with van der Waals surface area (Å²) >= 11 is 0. The Bertz CT molecular complexity index is 642. The highest BCUT2D eigenvalue weighted by atomic mass is 16.5. The lowest BCUT2D eigenvalue weighted by molar-refractivity contribution is -0.170. The molecule has 7 heteroatoms. The largest absolute Gasteiger partial charge is 0.378 e. The first-order valence-corrected chi connectivity index (χ1v) is 10.00. The smallest absolute Gasteiger partial charge is 0.240 e. The van der Waals surface area contributed by atoms with Crippen LogP contribution in [0.15, 0.2) is 0 Å². The predicted octanol–water partition coefficient (Wildman–Crippen LogP) is 1.59. The number of nitrogens with one attached hydrogen (secondary N) is 1. The SMILES string of the molecule is CCOC1CC(N)(C(=O)NCCCc2nnc3n2CCCCC3)C1(C)C. The Balaban J connectivity index is 1.47. The molecule has 1 saturated carbocycles. The number of nitrogens with zero attached hydrogens (tertiary/aromatic N) is 3. The lowest BCUT2D eigenvalue weighted by Crippen LogP contribution is -2.75. The summed E-state index contributed by atoms with van der Waals surface area (Å²) in [5.74, 6) is 2.08. The van der Waals surface area contributed by atoms with E-state index in [1.165, 1.54) is 19.3 Å². The molecule has 0 aromatic carbocycles. The molecule has 0 spiro atoms. The van der Waals surface area contributed by atoms with Gasteiger partial charge in [-0.2, -0.15) is 0 Å². The van der Waals surface area contributed by atoms with Gasteiger partial charge in [-0.3, -0.25) is 4.79 Å². The molecule has 1 aliphatic carbocycles. The first-order chi connectivity index (χ1) is 12.4. The Morgan fingerprint density at radius 1 is 1.35 bits per heavy atom. The number of aromatic nitrogens is 3. The minimum Gasteiger partial charge on any atom is -0.378 e. The van der Waals surface area contributed by atoms with Gasteiger partial charge < -0.3 is 20.4 Å². The van der Waals surface area contributed by atoms with E-state index in [4.69, 9.17) is 10.5 Å². The van der Waals surface area contributed by atoms with Crippen LogP contribution in [0.3, 0.4) is 0 Å². The summed E-state index contributed by atoms with van der Waals surface area (Å²) in [5, 5.41) is 11.7. The van der Waals surface area contributed by atoms with Crippen molar-refractivity contribution in [1.82, 2.24) is 20.1 Å². The van der Waals surface area contributed by atoms with E-state index in [1.807, 2.05) is 20.8 Å². The van der Waals surface area contributed by atoms with Crippen molar-refractivity contribution < 1.29 is 9.53 Å². The van der Waals surface area contributed by atoms with E-state index in [9.17, 15) is 4.79 Å². The van der Waals surface area contributed by atoms with Crippen molar-refractivity contribution in [3.63, 3.8) is 0 Å². The molecule has 1 aliphatic heterocycles. The van der Waals surface area contributed by atoms with E-state index >= 15 is 0 Å². The van der Waals surface area contributed by atoms with Crippen molar-refractivity contribution in [1.29, 1.82) is 0 Å². The number of fused-ring (bicyclic) bond motifs is 1. The van der Waals surface area contributed by atoms with Gasteiger partial charge in [0.1, 0.15) is 17.2 Å². The van der Waals surface area contributed by atoms with Crippen molar-refractivity contribution in [2.75, 3.05) is 13.2 Å². The van der Waals surface area contributed by atoms with E-state index in [-0.39, 0.29) is 17.4 Å². The number of carbonyl (C=O) groups excluding carboxylic acids is 1. The fourth-order valence-electron chi connectivity index (χ4n) is 4.16. The normalized spacial score (nSPS) is 27.3. The number of carbonyl (C=O) groups is 1. The number of hydrogen-bond donors (Lipinski definition) is 2. The van der Waals surface area contributed by atoms with E-state index in [0.29, 0.717) is 19.6 Å². The van der Waals surface area contributed by atoms with Crippen molar-refractivity contribution in [3.05, 3.63) is 11.6 Å². The summed E-state index contributed by atoms with van der Waals surface area (Å²) in [5.41, 5.74) is 5.21. The van der Waals surface area contributed by atoms with Gasteiger partial charge in [0, 0.05) is 44.4 Å². The summed E-state index contributed by atoms with van der Waals surface area (Å²) in [6.45, 7) is 8.27. The molecular formula is C19H33N5O2. The number of amides is 1. The van der Waals surface area contributed by atoms with Gasteiger partial charge >= 0.3 is 0 Å². The molecule has 146 valence electrons. The maximum absolute atomic E-state index is 12.6. The molecule has 1 aromatic heterocycles. The molecule has 1 amide bonds. The highest BCUT2D eigenvalue weighted by Gasteiger charge is 2.62. The van der Waals surface area contributed by atoms with Gasteiger partial charge in [-0.05, 0) is 26.2 Å². The number of nitrogens with two attached hydrogens (primary N) is 1. The van der Waals surface area contributed by atoms with E-state index in [0.717, 1.165) is 37.5 Å². The highest BCUT2D eigenvalue weighted by molar-refractivity contribution is 5.88. The first-order valence-electron chi connectivity index (χ1n) is 10.00. The molecule has 3 rings (SSSR count). The molecule has 2 atom stereocenters. The van der Waals surface area contributed by atoms with E-state index in [1.54, 1.807) is 0 Å². The zero-order valence-electron chi connectivity index (χ0n) is 16.4. The summed E-state index contributed by atoms with van der Waals surface area (Å²) in [4.78, 5) is 12.6. The van der Waals surface area contributed by atoms with Crippen molar-refractivity contribution in [2.24, 2.45) is 11.1 Å². The fourth-order valence-corrected chi connectivity index (χ4v) is 4.16. The second-order valence-electron chi connectivity index (χ2n) is 8.20. The Labute approximate surface area is 156 Å². The van der Waals surface area contributed by atoms with Crippen LogP contribution >= 0.6 is 0 Å². The van der Waals surface area contributed by atoms with Gasteiger partial charge in [0.05, 0.1) is 6.10 Å². The van der Waals surface area contributed by atoms with Gasteiger partial charge in [-0.1, -0.05) is 20.3 Å². The molecule has 0 radical (unpaired) electrons. The first kappa shape index (κ1) is 19.3. The average Bonchev–Trinajstić information content (AvgIpc) is 2.84. The van der Waals surface area contributed by atoms with E-state index in [2.05, 4.69) is 20.1 Å². The topological polar surface area (TPSA) is 95.1 Å². The minimum absolute atomic E-state index is 0.0506. The van der Waals surface area contributed by atoms with Crippen LogP contribution in [0.25, 0.3) is 0 Å². The molecule has 2 heterocycles. The van der Waals surface area contributed by atoms with Gasteiger partial charge in [0.2, 0.25) is 5.91 Å². The summed E-state index contributed by atoms with van der Waals surface area (Å²) in [7, 11) is 0. The van der Waals surface area contributed by atoms with Crippen molar-refractivity contribution in [3.8, 4) is 0 Å². The summed E-state index contributed by atoms with van der Waals surface area (Å²) in [6.07, 6.45) is 6.98. The minimum atomic E-state index is -0.848.